The normalized spacial score (nSPS) is 13.5. The fourth-order valence-electron chi connectivity index (χ4n) is 9.17. The van der Waals surface area contributed by atoms with Gasteiger partial charge < -0.3 is 20.3 Å². The Kier molecular flexibility index (Phi) is 54.5. The number of allylic oxidation sites excluding steroid dienone is 10. The number of unbranched alkanes of at least 4 members (excludes halogenated alkanes) is 36. The van der Waals surface area contributed by atoms with Gasteiger partial charge >= 0.3 is 5.97 Å². The third-order valence-electron chi connectivity index (χ3n) is 13.7. The van der Waals surface area contributed by atoms with Crippen molar-refractivity contribution in [1.29, 1.82) is 0 Å². The molecule has 402 valence electrons. The van der Waals surface area contributed by atoms with Gasteiger partial charge in [0.15, 0.2) is 0 Å². The van der Waals surface area contributed by atoms with Crippen molar-refractivity contribution >= 4 is 11.9 Å². The van der Waals surface area contributed by atoms with E-state index in [1.165, 1.54) is 180 Å². The van der Waals surface area contributed by atoms with E-state index in [2.05, 4.69) is 62.5 Å². The standard InChI is InChI=1S/C63H115NO5/c1-4-7-10-13-16-19-22-25-28-31-32-35-38-41-44-47-50-53-56-63(68)69-59(54-51-48-45-42-39-36-33-29-26-23-20-17-14-11-8-5-2)57-62(67)64-60(58-65)61(66)55-52-49-46-43-40-37-34-30-27-24-21-18-15-12-9-6-3/h10,13,16,19,22,25,28,31-32,35,59-61,65-66H,4-9,11-12,14-15,17-18,20-21,23-24,26-27,29-30,33-34,36-58H2,1-3H3,(H,64,67)/b13-10+,19-16+,25-22+,31-28+,35-32+. The lowest BCUT2D eigenvalue weighted by Gasteiger charge is -2.24. The molecule has 0 aliphatic rings. The second kappa shape index (κ2) is 56.5. The molecule has 3 atom stereocenters. The van der Waals surface area contributed by atoms with E-state index in [0.717, 1.165) is 77.0 Å². The molecule has 0 rings (SSSR count). The zero-order valence-electron chi connectivity index (χ0n) is 45.9. The van der Waals surface area contributed by atoms with Gasteiger partial charge in [0, 0.05) is 6.42 Å². The molecule has 6 nitrogen and oxygen atoms in total. The summed E-state index contributed by atoms with van der Waals surface area (Å²) in [4.78, 5) is 26.3. The largest absolute Gasteiger partial charge is 0.462 e. The van der Waals surface area contributed by atoms with E-state index >= 15 is 0 Å². The Morgan fingerprint density at radius 3 is 1.17 bits per heavy atom. The zero-order chi connectivity index (χ0) is 50.2. The van der Waals surface area contributed by atoms with Crippen LogP contribution in [0.3, 0.4) is 0 Å². The maximum absolute atomic E-state index is 13.3. The minimum atomic E-state index is -0.794. The molecule has 0 saturated heterocycles. The predicted octanol–water partition coefficient (Wildman–Crippen LogP) is 18.7. The molecule has 0 aromatic carbocycles. The van der Waals surface area contributed by atoms with Crippen molar-refractivity contribution in [2.24, 2.45) is 0 Å². The summed E-state index contributed by atoms with van der Waals surface area (Å²) in [7, 11) is 0. The van der Waals surface area contributed by atoms with Gasteiger partial charge in [0.1, 0.15) is 6.10 Å². The number of carbonyl (C=O) groups is 2. The molecule has 6 heteroatoms. The van der Waals surface area contributed by atoms with Crippen LogP contribution in [0.15, 0.2) is 60.8 Å². The summed E-state index contributed by atoms with van der Waals surface area (Å²) in [6.07, 6.45) is 71.4. The monoisotopic (exact) mass is 966 g/mol. The van der Waals surface area contributed by atoms with E-state index in [-0.39, 0.29) is 24.9 Å². The SMILES string of the molecule is CCC/C=C/C=C/C=C/C=C/C=C/CCCCCCCC(=O)OC(CCCCCCCCCCCCCCCCCC)CC(=O)NC(CO)C(O)CCCCCCCCCCCCCCCCCC. The van der Waals surface area contributed by atoms with Crippen LogP contribution in [-0.4, -0.2) is 46.9 Å². The van der Waals surface area contributed by atoms with Crippen molar-refractivity contribution < 1.29 is 24.5 Å². The smallest absolute Gasteiger partial charge is 0.306 e. The second-order valence-electron chi connectivity index (χ2n) is 20.5. The summed E-state index contributed by atoms with van der Waals surface area (Å²) in [6.45, 7) is 6.43. The average molecular weight is 967 g/mol. The maximum atomic E-state index is 13.3. The Balaban J connectivity index is 4.58. The van der Waals surface area contributed by atoms with Crippen LogP contribution in [0.1, 0.15) is 303 Å². The van der Waals surface area contributed by atoms with Crippen LogP contribution < -0.4 is 5.32 Å². The number of amides is 1. The number of hydrogen-bond donors (Lipinski definition) is 3. The third kappa shape index (κ3) is 51.7. The summed E-state index contributed by atoms with van der Waals surface area (Å²) < 4.78 is 5.97. The maximum Gasteiger partial charge on any atom is 0.306 e. The van der Waals surface area contributed by atoms with E-state index in [4.69, 9.17) is 4.74 Å². The first-order chi connectivity index (χ1) is 34.0. The summed E-state index contributed by atoms with van der Waals surface area (Å²) >= 11 is 0. The van der Waals surface area contributed by atoms with E-state index in [9.17, 15) is 19.8 Å². The first kappa shape index (κ1) is 66.6. The Bertz CT molecular complexity index is 1220. The topological polar surface area (TPSA) is 95.9 Å². The highest BCUT2D eigenvalue weighted by molar-refractivity contribution is 5.77. The molecule has 3 unspecified atom stereocenters. The molecule has 0 radical (unpaired) electrons. The van der Waals surface area contributed by atoms with Gasteiger partial charge in [0.25, 0.3) is 0 Å². The minimum Gasteiger partial charge on any atom is -0.462 e. The average Bonchev–Trinajstić information content (AvgIpc) is 3.34. The van der Waals surface area contributed by atoms with Crippen molar-refractivity contribution in [3.63, 3.8) is 0 Å². The number of esters is 1. The van der Waals surface area contributed by atoms with E-state index in [0.29, 0.717) is 19.3 Å². The molecular weight excluding hydrogens is 851 g/mol. The van der Waals surface area contributed by atoms with Crippen molar-refractivity contribution in [3.8, 4) is 0 Å². The van der Waals surface area contributed by atoms with Gasteiger partial charge in [-0.15, -0.1) is 0 Å². The van der Waals surface area contributed by atoms with Crippen LogP contribution in [0, 0.1) is 0 Å². The van der Waals surface area contributed by atoms with Gasteiger partial charge in [-0.25, -0.2) is 0 Å². The predicted molar refractivity (Wildman–Crippen MR) is 301 cm³/mol. The fraction of sp³-hybridized carbons (Fsp3) is 0.810. The first-order valence-electron chi connectivity index (χ1n) is 30.1. The summed E-state index contributed by atoms with van der Waals surface area (Å²) in [5.41, 5.74) is 0. The molecule has 0 aliphatic heterocycles. The summed E-state index contributed by atoms with van der Waals surface area (Å²) in [6, 6.07) is -0.708. The molecule has 69 heavy (non-hydrogen) atoms. The molecule has 0 aromatic heterocycles. The van der Waals surface area contributed by atoms with E-state index < -0.39 is 18.2 Å². The number of aliphatic hydroxyl groups excluding tert-OH is 2. The molecule has 3 N–H and O–H groups in total. The third-order valence-corrected chi connectivity index (χ3v) is 13.7. The zero-order valence-corrected chi connectivity index (χ0v) is 45.9. The fourth-order valence-corrected chi connectivity index (χ4v) is 9.17. The summed E-state index contributed by atoms with van der Waals surface area (Å²) in [5.74, 6) is -0.489. The lowest BCUT2D eigenvalue weighted by atomic mass is 10.0. The van der Waals surface area contributed by atoms with Gasteiger partial charge in [-0.1, -0.05) is 306 Å². The van der Waals surface area contributed by atoms with Crippen LogP contribution in [0.25, 0.3) is 0 Å². The number of carbonyl (C=O) groups excluding carboxylic acids is 2. The van der Waals surface area contributed by atoms with Gasteiger partial charge in [-0.05, 0) is 44.9 Å². The van der Waals surface area contributed by atoms with Crippen molar-refractivity contribution in [2.45, 2.75) is 322 Å². The van der Waals surface area contributed by atoms with Crippen LogP contribution in [0.2, 0.25) is 0 Å². The number of hydrogen-bond acceptors (Lipinski definition) is 5. The lowest BCUT2D eigenvalue weighted by Crippen LogP contribution is -2.46. The quantitative estimate of drug-likeness (QED) is 0.0321. The minimum absolute atomic E-state index is 0.0690. The Labute approximate surface area is 428 Å². The van der Waals surface area contributed by atoms with Gasteiger partial charge in [0.2, 0.25) is 5.91 Å². The highest BCUT2D eigenvalue weighted by Crippen LogP contribution is 2.19. The molecule has 0 aliphatic carbocycles. The molecule has 0 saturated carbocycles. The van der Waals surface area contributed by atoms with Crippen molar-refractivity contribution in [1.82, 2.24) is 5.32 Å². The van der Waals surface area contributed by atoms with Crippen LogP contribution >= 0.6 is 0 Å². The van der Waals surface area contributed by atoms with Crippen LogP contribution in [0.4, 0.5) is 0 Å². The molecule has 0 fully saturated rings. The van der Waals surface area contributed by atoms with Crippen LogP contribution in [-0.2, 0) is 14.3 Å². The second-order valence-corrected chi connectivity index (χ2v) is 20.5. The Morgan fingerprint density at radius 1 is 0.420 bits per heavy atom. The van der Waals surface area contributed by atoms with Crippen molar-refractivity contribution in [3.05, 3.63) is 60.8 Å². The van der Waals surface area contributed by atoms with E-state index in [1.807, 2.05) is 24.3 Å². The highest BCUT2D eigenvalue weighted by atomic mass is 16.5. The van der Waals surface area contributed by atoms with Gasteiger partial charge in [-0.3, -0.25) is 9.59 Å². The Hall–Kier alpha value is -2.44. The molecule has 0 bridgehead atoms. The summed E-state index contributed by atoms with van der Waals surface area (Å²) in [5, 5.41) is 23.9. The van der Waals surface area contributed by atoms with Gasteiger partial charge in [-0.2, -0.15) is 0 Å². The van der Waals surface area contributed by atoms with Gasteiger partial charge in [0.05, 0.1) is 25.2 Å². The van der Waals surface area contributed by atoms with Crippen molar-refractivity contribution in [2.75, 3.05) is 6.61 Å². The highest BCUT2D eigenvalue weighted by Gasteiger charge is 2.24. The Morgan fingerprint density at radius 2 is 0.768 bits per heavy atom. The number of ether oxygens (including phenoxy) is 1. The number of aliphatic hydroxyl groups is 2. The molecule has 1 amide bonds. The van der Waals surface area contributed by atoms with E-state index in [1.54, 1.807) is 0 Å². The van der Waals surface area contributed by atoms with Crippen LogP contribution in [0.5, 0.6) is 0 Å². The molecule has 0 aromatic rings. The lowest BCUT2D eigenvalue weighted by molar-refractivity contribution is -0.151. The number of rotatable bonds is 54. The molecular formula is C63H115NO5. The number of nitrogens with one attached hydrogen (secondary N) is 1. The first-order valence-corrected chi connectivity index (χ1v) is 30.1. The molecule has 0 heterocycles. The molecule has 0 spiro atoms.